The molecule has 3 heterocycles. The highest BCUT2D eigenvalue weighted by Gasteiger charge is 2.18. The predicted molar refractivity (Wildman–Crippen MR) is 125 cm³/mol. The fourth-order valence-electron chi connectivity index (χ4n) is 3.32. The molecule has 0 fully saturated rings. The first-order chi connectivity index (χ1) is 15.5. The first kappa shape index (κ1) is 21.8. The van der Waals surface area contributed by atoms with Crippen LogP contribution >= 0.6 is 11.3 Å². The molecule has 8 heteroatoms. The summed E-state index contributed by atoms with van der Waals surface area (Å²) in [7, 11) is 0. The number of nitrogens with zero attached hydrogens (tertiary/aromatic N) is 2. The number of rotatable bonds is 10. The van der Waals surface area contributed by atoms with Crippen molar-refractivity contribution in [2.75, 3.05) is 13.2 Å². The zero-order valence-corrected chi connectivity index (χ0v) is 18.8. The van der Waals surface area contributed by atoms with Gasteiger partial charge in [-0.1, -0.05) is 6.92 Å². The second-order valence-electron chi connectivity index (χ2n) is 7.44. The zero-order valence-electron chi connectivity index (χ0n) is 18.0. The molecule has 0 amide bonds. The zero-order chi connectivity index (χ0) is 22.5. The molecule has 1 aromatic carbocycles. The van der Waals surface area contributed by atoms with Crippen molar-refractivity contribution in [3.63, 3.8) is 0 Å². The van der Waals surface area contributed by atoms with Crippen molar-refractivity contribution in [1.29, 1.82) is 0 Å². The number of aromatic nitrogens is 3. The number of carboxylic acid groups (broad SMARTS) is 1. The summed E-state index contributed by atoms with van der Waals surface area (Å²) < 4.78 is 11.6. The minimum Gasteiger partial charge on any atom is -0.493 e. The second-order valence-corrected chi connectivity index (χ2v) is 8.30. The van der Waals surface area contributed by atoms with E-state index in [9.17, 15) is 9.90 Å². The number of aromatic amines is 1. The monoisotopic (exact) mass is 451 g/mol. The van der Waals surface area contributed by atoms with Gasteiger partial charge in [-0.2, -0.15) is 0 Å². The summed E-state index contributed by atoms with van der Waals surface area (Å²) in [5, 5.41) is 13.2. The van der Waals surface area contributed by atoms with Crippen molar-refractivity contribution in [2.24, 2.45) is 0 Å². The van der Waals surface area contributed by atoms with Crippen LogP contribution in [-0.2, 0) is 11.2 Å². The van der Waals surface area contributed by atoms with Crippen LogP contribution in [0.15, 0.2) is 48.1 Å². The molecule has 1 atom stereocenters. The van der Waals surface area contributed by atoms with Gasteiger partial charge in [-0.3, -0.25) is 4.79 Å². The van der Waals surface area contributed by atoms with Crippen molar-refractivity contribution in [2.45, 2.75) is 32.6 Å². The molecular weight excluding hydrogens is 426 g/mol. The highest BCUT2D eigenvalue weighted by atomic mass is 32.1. The van der Waals surface area contributed by atoms with Gasteiger partial charge in [0.05, 0.1) is 24.8 Å². The van der Waals surface area contributed by atoms with Crippen LogP contribution in [0.2, 0.25) is 0 Å². The Morgan fingerprint density at radius 3 is 2.78 bits per heavy atom. The molecule has 0 spiro atoms. The van der Waals surface area contributed by atoms with E-state index >= 15 is 0 Å². The molecule has 0 aliphatic carbocycles. The summed E-state index contributed by atoms with van der Waals surface area (Å²) in [5.74, 6) is -0.167. The van der Waals surface area contributed by atoms with E-state index in [0.717, 1.165) is 39.2 Å². The standard InChI is InChI=1S/C24H25N3O4S/c1-3-17-14-32-23(27-17)16-5-8-22(26-12-16)31-10-4-9-30-18-6-7-21-19(11-18)20(13-25-21)15(2)24(28)29/h5-8,11-15,25H,3-4,9-10H2,1-2H3,(H,28,29)/t15-/m1/s1. The van der Waals surface area contributed by atoms with Crippen LogP contribution in [-0.4, -0.2) is 39.2 Å². The second kappa shape index (κ2) is 9.82. The van der Waals surface area contributed by atoms with E-state index in [2.05, 4.69) is 27.3 Å². The van der Waals surface area contributed by atoms with E-state index in [4.69, 9.17) is 9.47 Å². The summed E-state index contributed by atoms with van der Waals surface area (Å²) in [6, 6.07) is 9.48. The predicted octanol–water partition coefficient (Wildman–Crippen LogP) is 5.28. The summed E-state index contributed by atoms with van der Waals surface area (Å²) in [5.41, 5.74) is 3.72. The minimum absolute atomic E-state index is 0.483. The molecule has 0 saturated heterocycles. The molecule has 0 bridgehead atoms. The molecule has 0 aliphatic rings. The highest BCUT2D eigenvalue weighted by molar-refractivity contribution is 7.13. The molecule has 2 N–H and O–H groups in total. The van der Waals surface area contributed by atoms with Gasteiger partial charge in [-0.05, 0) is 43.2 Å². The van der Waals surface area contributed by atoms with Gasteiger partial charge in [0.2, 0.25) is 5.88 Å². The van der Waals surface area contributed by atoms with E-state index in [1.165, 1.54) is 0 Å². The normalized spacial score (nSPS) is 12.1. The van der Waals surface area contributed by atoms with Gasteiger partial charge < -0.3 is 19.6 Å². The van der Waals surface area contributed by atoms with Crippen molar-refractivity contribution in [1.82, 2.24) is 15.0 Å². The quantitative estimate of drug-likeness (QED) is 0.318. The maximum Gasteiger partial charge on any atom is 0.310 e. The molecule has 3 aromatic heterocycles. The number of nitrogens with one attached hydrogen (secondary N) is 1. The SMILES string of the molecule is CCc1csc(-c2ccc(OCCCOc3ccc4[nH]cc([C@@H](C)C(=O)O)c4c3)nc2)n1. The number of thiazole rings is 1. The third kappa shape index (κ3) is 4.91. The number of H-pyrrole nitrogens is 1. The van der Waals surface area contributed by atoms with E-state index in [0.29, 0.717) is 31.3 Å². The van der Waals surface area contributed by atoms with Crippen molar-refractivity contribution in [3.8, 4) is 22.2 Å². The first-order valence-electron chi connectivity index (χ1n) is 10.6. The molecule has 0 saturated carbocycles. The largest absolute Gasteiger partial charge is 0.493 e. The fourth-order valence-corrected chi connectivity index (χ4v) is 4.22. The molecule has 4 aromatic rings. The van der Waals surface area contributed by atoms with E-state index < -0.39 is 11.9 Å². The van der Waals surface area contributed by atoms with Gasteiger partial charge in [0.25, 0.3) is 0 Å². The summed E-state index contributed by atoms with van der Waals surface area (Å²) in [6.45, 7) is 4.73. The molecular formula is C24H25N3O4S. The van der Waals surface area contributed by atoms with Crippen LogP contribution in [0.5, 0.6) is 11.6 Å². The summed E-state index contributed by atoms with van der Waals surface area (Å²) in [4.78, 5) is 23.4. The Morgan fingerprint density at radius 1 is 1.22 bits per heavy atom. The number of aliphatic carboxylic acids is 1. The molecule has 166 valence electrons. The van der Waals surface area contributed by atoms with Gasteiger partial charge in [0.1, 0.15) is 10.8 Å². The number of ether oxygens (including phenoxy) is 2. The number of benzene rings is 1. The van der Waals surface area contributed by atoms with Gasteiger partial charge in [-0.25, -0.2) is 9.97 Å². The Balaban J connectivity index is 1.27. The topological polar surface area (TPSA) is 97.3 Å². The van der Waals surface area contributed by atoms with Gasteiger partial charge in [0, 0.05) is 46.7 Å². The number of hydrogen-bond acceptors (Lipinski definition) is 6. The van der Waals surface area contributed by atoms with Crippen LogP contribution in [0.4, 0.5) is 0 Å². The maximum atomic E-state index is 11.3. The first-order valence-corrected chi connectivity index (χ1v) is 11.4. The third-order valence-corrected chi connectivity index (χ3v) is 6.17. The Kier molecular flexibility index (Phi) is 6.70. The molecule has 4 rings (SSSR count). The van der Waals surface area contributed by atoms with E-state index in [1.807, 2.05) is 30.3 Å². The Bertz CT molecular complexity index is 1200. The van der Waals surface area contributed by atoms with Crippen LogP contribution in [0.1, 0.15) is 37.4 Å². The van der Waals surface area contributed by atoms with Crippen molar-refractivity contribution < 1.29 is 19.4 Å². The van der Waals surface area contributed by atoms with Crippen molar-refractivity contribution in [3.05, 3.63) is 59.4 Å². The van der Waals surface area contributed by atoms with E-state index in [1.54, 1.807) is 30.7 Å². The average Bonchev–Trinajstić information content (AvgIpc) is 3.45. The van der Waals surface area contributed by atoms with Crippen molar-refractivity contribution >= 4 is 28.2 Å². The number of pyridine rings is 1. The number of carboxylic acids is 1. The van der Waals surface area contributed by atoms with Gasteiger partial charge >= 0.3 is 5.97 Å². The van der Waals surface area contributed by atoms with Gasteiger partial charge in [-0.15, -0.1) is 11.3 Å². The lowest BCUT2D eigenvalue weighted by atomic mass is 10.0. The number of aryl methyl sites for hydroxylation is 1. The summed E-state index contributed by atoms with van der Waals surface area (Å²) >= 11 is 1.62. The van der Waals surface area contributed by atoms with Gasteiger partial charge in [0.15, 0.2) is 0 Å². The van der Waals surface area contributed by atoms with Crippen LogP contribution in [0, 0.1) is 0 Å². The number of carbonyl (C=O) groups is 1. The summed E-state index contributed by atoms with van der Waals surface area (Å²) in [6.07, 6.45) is 5.15. The molecule has 7 nitrogen and oxygen atoms in total. The Labute approximate surface area is 190 Å². The smallest absolute Gasteiger partial charge is 0.310 e. The molecule has 0 aliphatic heterocycles. The minimum atomic E-state index is -0.853. The number of fused-ring (bicyclic) bond motifs is 1. The number of hydrogen-bond donors (Lipinski definition) is 2. The highest BCUT2D eigenvalue weighted by Crippen LogP contribution is 2.29. The van der Waals surface area contributed by atoms with E-state index in [-0.39, 0.29) is 0 Å². The third-order valence-electron chi connectivity index (χ3n) is 5.23. The maximum absolute atomic E-state index is 11.3. The average molecular weight is 452 g/mol. The Hall–Kier alpha value is -3.39. The molecule has 0 radical (unpaired) electrons. The van der Waals surface area contributed by atoms with Crippen LogP contribution in [0.3, 0.4) is 0 Å². The van der Waals surface area contributed by atoms with Crippen LogP contribution < -0.4 is 9.47 Å². The lowest BCUT2D eigenvalue weighted by molar-refractivity contribution is -0.138. The Morgan fingerprint density at radius 2 is 2.06 bits per heavy atom. The fraction of sp³-hybridized carbons (Fsp3) is 0.292. The lowest BCUT2D eigenvalue weighted by Gasteiger charge is -2.09. The molecule has 0 unspecified atom stereocenters. The lowest BCUT2D eigenvalue weighted by Crippen LogP contribution is -2.07. The van der Waals surface area contributed by atoms with Crippen LogP contribution in [0.25, 0.3) is 21.5 Å². The molecule has 32 heavy (non-hydrogen) atoms.